The molecule has 0 bridgehead atoms. The van der Waals surface area contributed by atoms with Crippen LogP contribution in [0, 0.1) is 5.92 Å². The Labute approximate surface area is 210 Å². The Balaban J connectivity index is 1.40. The van der Waals surface area contributed by atoms with E-state index in [2.05, 4.69) is 24.1 Å². The van der Waals surface area contributed by atoms with Crippen LogP contribution in [0.1, 0.15) is 66.9 Å². The number of hydrogen-bond acceptors (Lipinski definition) is 3. The van der Waals surface area contributed by atoms with Crippen LogP contribution in [-0.2, 0) is 11.0 Å². The lowest BCUT2D eigenvalue weighted by Crippen LogP contribution is -2.56. The number of benzene rings is 2. The topological polar surface area (TPSA) is 52.7 Å². The maximum atomic E-state index is 13.4. The van der Waals surface area contributed by atoms with Crippen molar-refractivity contribution in [2.24, 2.45) is 5.92 Å². The van der Waals surface area contributed by atoms with Gasteiger partial charge in [-0.2, -0.15) is 13.2 Å². The molecule has 2 amide bonds. The number of nitrogens with one attached hydrogen (secondary N) is 1. The molecule has 4 rings (SSSR count). The molecular formula is C28H34F3N3O2. The average molecular weight is 502 g/mol. The number of piperazine rings is 1. The van der Waals surface area contributed by atoms with Gasteiger partial charge >= 0.3 is 6.18 Å². The molecule has 1 aliphatic carbocycles. The van der Waals surface area contributed by atoms with Crippen molar-refractivity contribution in [2.45, 2.75) is 57.7 Å². The molecule has 2 aromatic rings. The smallest absolute Gasteiger partial charge is 0.336 e. The Hall–Kier alpha value is -2.87. The second kappa shape index (κ2) is 11.0. The first-order valence-electron chi connectivity index (χ1n) is 12.7. The average Bonchev–Trinajstić information content (AvgIpc) is 3.38. The van der Waals surface area contributed by atoms with Gasteiger partial charge in [-0.05, 0) is 66.6 Å². The second-order valence-corrected chi connectivity index (χ2v) is 10.2. The molecule has 1 aliphatic heterocycles. The number of rotatable bonds is 6. The van der Waals surface area contributed by atoms with E-state index in [0.29, 0.717) is 32.1 Å². The molecule has 1 unspecified atom stereocenters. The van der Waals surface area contributed by atoms with E-state index >= 15 is 0 Å². The van der Waals surface area contributed by atoms with Gasteiger partial charge in [-0.15, -0.1) is 0 Å². The van der Waals surface area contributed by atoms with E-state index in [1.807, 2.05) is 24.3 Å². The minimum absolute atomic E-state index is 0.0123. The second-order valence-electron chi connectivity index (χ2n) is 10.2. The van der Waals surface area contributed by atoms with Crippen molar-refractivity contribution in [1.82, 2.24) is 9.80 Å². The molecule has 1 N–H and O–H groups in total. The summed E-state index contributed by atoms with van der Waals surface area (Å²) in [7, 11) is 0. The van der Waals surface area contributed by atoms with Gasteiger partial charge in [0, 0.05) is 37.4 Å². The summed E-state index contributed by atoms with van der Waals surface area (Å²) in [6.07, 6.45) is -0.183. The van der Waals surface area contributed by atoms with Crippen molar-refractivity contribution in [2.75, 3.05) is 31.5 Å². The van der Waals surface area contributed by atoms with Gasteiger partial charge in [0.25, 0.3) is 5.91 Å². The zero-order valence-electron chi connectivity index (χ0n) is 20.9. The largest absolute Gasteiger partial charge is 0.416 e. The van der Waals surface area contributed by atoms with E-state index < -0.39 is 11.7 Å². The molecule has 2 aliphatic rings. The van der Waals surface area contributed by atoms with Crippen LogP contribution in [0.5, 0.6) is 0 Å². The number of hydrogen-bond donors (Lipinski definition) is 1. The number of amides is 2. The molecule has 0 radical (unpaired) electrons. The molecule has 0 aromatic heterocycles. The summed E-state index contributed by atoms with van der Waals surface area (Å²) in [6.45, 7) is 6.22. The van der Waals surface area contributed by atoms with E-state index in [9.17, 15) is 22.8 Å². The predicted molar refractivity (Wildman–Crippen MR) is 134 cm³/mol. The quantitative estimate of drug-likeness (QED) is 0.546. The highest BCUT2D eigenvalue weighted by atomic mass is 19.4. The lowest BCUT2D eigenvalue weighted by Gasteiger charge is -2.40. The minimum Gasteiger partial charge on any atom is -0.336 e. The first-order valence-corrected chi connectivity index (χ1v) is 12.7. The minimum atomic E-state index is -4.43. The third kappa shape index (κ3) is 6.09. The summed E-state index contributed by atoms with van der Waals surface area (Å²) in [5.41, 5.74) is 1.47. The number of alkyl halides is 3. The molecule has 2 fully saturated rings. The SMILES string of the molecule is CC(C)c1ccc(NC(=O)C(C2CCCC2)N2CCN(C(=O)c3ccc(C(F)(F)F)cc3)CC2)cc1. The van der Waals surface area contributed by atoms with Crippen molar-refractivity contribution in [3.63, 3.8) is 0 Å². The summed E-state index contributed by atoms with van der Waals surface area (Å²) in [4.78, 5) is 30.2. The standard InChI is InChI=1S/C28H34F3N3O2/c1-19(2)20-9-13-24(14-10-20)32-26(35)25(21-5-3-4-6-21)33-15-17-34(18-16-33)27(36)22-7-11-23(12-8-22)28(29,30)31/h7-14,19,21,25H,3-6,15-18H2,1-2H3,(H,32,35). The summed E-state index contributed by atoms with van der Waals surface area (Å²) in [5, 5.41) is 3.11. The molecule has 36 heavy (non-hydrogen) atoms. The maximum Gasteiger partial charge on any atom is 0.416 e. The van der Waals surface area contributed by atoms with Crippen LogP contribution in [-0.4, -0.2) is 53.8 Å². The van der Waals surface area contributed by atoms with Crippen LogP contribution in [0.4, 0.5) is 18.9 Å². The van der Waals surface area contributed by atoms with Crippen LogP contribution >= 0.6 is 0 Å². The van der Waals surface area contributed by atoms with E-state index in [1.54, 1.807) is 4.90 Å². The Morgan fingerprint density at radius 2 is 1.47 bits per heavy atom. The Bertz CT molecular complexity index is 1040. The molecule has 1 saturated carbocycles. The first-order chi connectivity index (χ1) is 17.1. The molecular weight excluding hydrogens is 467 g/mol. The fourth-order valence-corrected chi connectivity index (χ4v) is 5.31. The lowest BCUT2D eigenvalue weighted by molar-refractivity contribution is -0.137. The Morgan fingerprint density at radius 3 is 2.00 bits per heavy atom. The molecule has 1 heterocycles. The van der Waals surface area contributed by atoms with Crippen molar-refractivity contribution >= 4 is 17.5 Å². The third-order valence-electron chi connectivity index (χ3n) is 7.41. The maximum absolute atomic E-state index is 13.4. The molecule has 5 nitrogen and oxygen atoms in total. The highest BCUT2D eigenvalue weighted by Gasteiger charge is 2.37. The van der Waals surface area contributed by atoms with Gasteiger partial charge in [-0.1, -0.05) is 38.8 Å². The zero-order chi connectivity index (χ0) is 25.9. The molecule has 1 saturated heterocycles. The fourth-order valence-electron chi connectivity index (χ4n) is 5.31. The molecule has 1 atom stereocenters. The van der Waals surface area contributed by atoms with E-state index in [0.717, 1.165) is 43.5 Å². The van der Waals surface area contributed by atoms with Gasteiger partial charge in [0.1, 0.15) is 0 Å². The Morgan fingerprint density at radius 1 is 0.889 bits per heavy atom. The van der Waals surface area contributed by atoms with Gasteiger partial charge in [0.15, 0.2) is 0 Å². The normalized spacial score (nSPS) is 18.4. The van der Waals surface area contributed by atoms with E-state index in [4.69, 9.17) is 0 Å². The monoisotopic (exact) mass is 501 g/mol. The molecule has 0 spiro atoms. The van der Waals surface area contributed by atoms with Crippen molar-refractivity contribution < 1.29 is 22.8 Å². The van der Waals surface area contributed by atoms with Crippen LogP contribution in [0.3, 0.4) is 0 Å². The van der Waals surface area contributed by atoms with Crippen molar-refractivity contribution in [3.8, 4) is 0 Å². The summed E-state index contributed by atoms with van der Waals surface area (Å²) in [5.74, 6) is 0.400. The number of halogens is 3. The highest BCUT2D eigenvalue weighted by molar-refractivity contribution is 5.95. The number of nitrogens with zero attached hydrogens (tertiary/aromatic N) is 2. The van der Waals surface area contributed by atoms with Crippen LogP contribution < -0.4 is 5.32 Å². The summed E-state index contributed by atoms with van der Waals surface area (Å²) >= 11 is 0. The fraction of sp³-hybridized carbons (Fsp3) is 0.500. The van der Waals surface area contributed by atoms with Gasteiger partial charge < -0.3 is 10.2 Å². The first kappa shape index (κ1) is 26.2. The Kier molecular flexibility index (Phi) is 8.03. The summed E-state index contributed by atoms with van der Waals surface area (Å²) in [6, 6.07) is 12.1. The van der Waals surface area contributed by atoms with Gasteiger partial charge in [-0.25, -0.2) is 0 Å². The van der Waals surface area contributed by atoms with Crippen LogP contribution in [0.2, 0.25) is 0 Å². The van der Waals surface area contributed by atoms with Crippen molar-refractivity contribution in [3.05, 3.63) is 65.2 Å². The number of carbonyl (C=O) groups excluding carboxylic acids is 2. The zero-order valence-corrected chi connectivity index (χ0v) is 20.9. The number of anilines is 1. The molecule has 194 valence electrons. The highest BCUT2D eigenvalue weighted by Crippen LogP contribution is 2.32. The molecule has 8 heteroatoms. The van der Waals surface area contributed by atoms with Gasteiger partial charge in [0.2, 0.25) is 5.91 Å². The third-order valence-corrected chi connectivity index (χ3v) is 7.41. The van der Waals surface area contributed by atoms with Crippen LogP contribution in [0.25, 0.3) is 0 Å². The van der Waals surface area contributed by atoms with Crippen LogP contribution in [0.15, 0.2) is 48.5 Å². The predicted octanol–water partition coefficient (Wildman–Crippen LogP) is 5.78. The van der Waals surface area contributed by atoms with Crippen molar-refractivity contribution in [1.29, 1.82) is 0 Å². The summed E-state index contributed by atoms with van der Waals surface area (Å²) < 4.78 is 38.5. The molecule has 2 aromatic carbocycles. The number of carbonyl (C=O) groups is 2. The van der Waals surface area contributed by atoms with Gasteiger partial charge in [-0.3, -0.25) is 14.5 Å². The van der Waals surface area contributed by atoms with Gasteiger partial charge in [0.05, 0.1) is 11.6 Å². The van der Waals surface area contributed by atoms with E-state index in [-0.39, 0.29) is 29.3 Å². The lowest BCUT2D eigenvalue weighted by atomic mass is 9.94. The van der Waals surface area contributed by atoms with E-state index in [1.165, 1.54) is 17.7 Å².